The highest BCUT2D eigenvalue weighted by molar-refractivity contribution is 5.87. The summed E-state index contributed by atoms with van der Waals surface area (Å²) in [4.78, 5) is 15.0. The van der Waals surface area contributed by atoms with E-state index >= 15 is 0 Å². The molecule has 0 fully saturated rings. The maximum absolute atomic E-state index is 11.6. The molecule has 1 aliphatic rings. The van der Waals surface area contributed by atoms with E-state index in [0.717, 1.165) is 27.7 Å². The van der Waals surface area contributed by atoms with Crippen molar-refractivity contribution in [2.24, 2.45) is 0 Å². The minimum Gasteiger partial charge on any atom is -0.480 e. The number of H-pyrrole nitrogens is 1. The van der Waals surface area contributed by atoms with Crippen molar-refractivity contribution in [1.29, 1.82) is 0 Å². The third-order valence-corrected chi connectivity index (χ3v) is 4.78. The van der Waals surface area contributed by atoms with Crippen LogP contribution in [0.15, 0.2) is 48.5 Å². The van der Waals surface area contributed by atoms with E-state index < -0.39 is 18.3 Å². The molecule has 0 saturated carbocycles. The van der Waals surface area contributed by atoms with E-state index in [2.05, 4.69) is 10.3 Å². The molecule has 26 heavy (non-hydrogen) atoms. The number of aliphatic hydroxyl groups is 2. The summed E-state index contributed by atoms with van der Waals surface area (Å²) in [5, 5.41) is 32.2. The van der Waals surface area contributed by atoms with Crippen LogP contribution in [0.1, 0.15) is 34.7 Å². The van der Waals surface area contributed by atoms with Crippen LogP contribution in [0.4, 0.5) is 0 Å². The first-order valence-corrected chi connectivity index (χ1v) is 8.09. The van der Waals surface area contributed by atoms with Gasteiger partial charge in [-0.3, -0.25) is 10.1 Å². The van der Waals surface area contributed by atoms with Crippen LogP contribution in [0.5, 0.6) is 0 Å². The van der Waals surface area contributed by atoms with Gasteiger partial charge in [-0.2, -0.15) is 0 Å². The Kier molecular flexibility index (Phi) is 5.02. The average molecular weight is 375 g/mol. The first-order chi connectivity index (χ1) is 12.0. The molecule has 1 aromatic heterocycles. The molecule has 0 radical (unpaired) electrons. The number of hydrogen-bond donors (Lipinski definition) is 5. The second-order valence-corrected chi connectivity index (χ2v) is 6.30. The Bertz CT molecular complexity index is 936. The van der Waals surface area contributed by atoms with E-state index in [4.69, 9.17) is 0 Å². The second kappa shape index (κ2) is 7.09. The molecule has 0 spiro atoms. The lowest BCUT2D eigenvalue weighted by atomic mass is 9.90. The standard InChI is InChI=1S/C19H18N2O4.ClH/c22-18(23)11-7-5-10(6-8-11)16-17-13(9-15(21-16)19(24)25)12-3-1-2-4-14(12)20-17;/h1-8,15-16,18,20-23H,9H2,(H,24,25);1H/t15-,16-;/m0./s1. The highest BCUT2D eigenvalue weighted by Crippen LogP contribution is 2.35. The van der Waals surface area contributed by atoms with Crippen molar-refractivity contribution < 1.29 is 20.1 Å². The van der Waals surface area contributed by atoms with Gasteiger partial charge in [0.1, 0.15) is 6.04 Å². The van der Waals surface area contributed by atoms with Gasteiger partial charge in [0.05, 0.1) is 6.04 Å². The molecule has 0 unspecified atom stereocenters. The highest BCUT2D eigenvalue weighted by atomic mass is 35.5. The molecular formula is C19H19ClN2O4. The topological polar surface area (TPSA) is 106 Å². The van der Waals surface area contributed by atoms with Crippen LogP contribution in [-0.4, -0.2) is 32.3 Å². The zero-order valence-electron chi connectivity index (χ0n) is 13.7. The molecule has 0 amide bonds. The van der Waals surface area contributed by atoms with Crippen LogP contribution >= 0.6 is 12.4 Å². The van der Waals surface area contributed by atoms with E-state index in [9.17, 15) is 20.1 Å². The molecule has 4 rings (SSSR count). The van der Waals surface area contributed by atoms with Gasteiger partial charge in [-0.05, 0) is 17.2 Å². The lowest BCUT2D eigenvalue weighted by Crippen LogP contribution is -2.44. The van der Waals surface area contributed by atoms with Gasteiger partial charge < -0.3 is 20.3 Å². The Hall–Kier alpha value is -2.38. The maximum Gasteiger partial charge on any atom is 0.321 e. The molecular weight excluding hydrogens is 356 g/mol. The van der Waals surface area contributed by atoms with Gasteiger partial charge in [0.25, 0.3) is 0 Å². The lowest BCUT2D eigenvalue weighted by molar-refractivity contribution is -0.139. The van der Waals surface area contributed by atoms with Crippen LogP contribution < -0.4 is 5.32 Å². The second-order valence-electron chi connectivity index (χ2n) is 6.30. The normalized spacial score (nSPS) is 19.2. The van der Waals surface area contributed by atoms with Crippen LogP contribution in [-0.2, 0) is 11.2 Å². The summed E-state index contributed by atoms with van der Waals surface area (Å²) in [6, 6.07) is 13.7. The van der Waals surface area contributed by atoms with Gasteiger partial charge >= 0.3 is 5.97 Å². The molecule has 6 nitrogen and oxygen atoms in total. The van der Waals surface area contributed by atoms with Gasteiger partial charge in [0.2, 0.25) is 0 Å². The number of carboxylic acid groups (broad SMARTS) is 1. The Morgan fingerprint density at radius 3 is 2.42 bits per heavy atom. The van der Waals surface area contributed by atoms with Gasteiger partial charge in [-0.25, -0.2) is 0 Å². The molecule has 2 atom stereocenters. The predicted molar refractivity (Wildman–Crippen MR) is 99.3 cm³/mol. The molecule has 2 aromatic carbocycles. The number of carbonyl (C=O) groups is 1. The number of aliphatic hydroxyl groups excluding tert-OH is 1. The van der Waals surface area contributed by atoms with Crippen molar-refractivity contribution in [3.8, 4) is 0 Å². The minimum atomic E-state index is -1.52. The minimum absolute atomic E-state index is 0. The summed E-state index contributed by atoms with van der Waals surface area (Å²) in [5.41, 5.74) is 4.20. The monoisotopic (exact) mass is 374 g/mol. The van der Waals surface area contributed by atoms with E-state index in [-0.39, 0.29) is 18.4 Å². The molecule has 0 saturated heterocycles. The van der Waals surface area contributed by atoms with Gasteiger partial charge in [0.15, 0.2) is 6.29 Å². The van der Waals surface area contributed by atoms with Crippen molar-refractivity contribution in [3.05, 3.63) is 70.9 Å². The van der Waals surface area contributed by atoms with E-state index in [1.165, 1.54) is 0 Å². The van der Waals surface area contributed by atoms with Crippen molar-refractivity contribution in [1.82, 2.24) is 10.3 Å². The molecule has 2 heterocycles. The van der Waals surface area contributed by atoms with Crippen molar-refractivity contribution in [3.63, 3.8) is 0 Å². The summed E-state index contributed by atoms with van der Waals surface area (Å²) in [6.07, 6.45) is -1.11. The number of aromatic nitrogens is 1. The Balaban J connectivity index is 0.00000196. The third-order valence-electron chi connectivity index (χ3n) is 4.78. The Labute approximate surface area is 155 Å². The summed E-state index contributed by atoms with van der Waals surface area (Å²) in [6.45, 7) is 0. The molecule has 5 N–H and O–H groups in total. The third kappa shape index (κ3) is 3.08. The quantitative estimate of drug-likeness (QED) is 0.452. The smallest absolute Gasteiger partial charge is 0.321 e. The number of nitrogens with one attached hydrogen (secondary N) is 2. The van der Waals surface area contributed by atoms with Crippen molar-refractivity contribution in [2.45, 2.75) is 24.8 Å². The number of aromatic amines is 1. The summed E-state index contributed by atoms with van der Waals surface area (Å²) >= 11 is 0. The summed E-state index contributed by atoms with van der Waals surface area (Å²) < 4.78 is 0. The fourth-order valence-electron chi connectivity index (χ4n) is 3.52. The number of halogens is 1. The van der Waals surface area contributed by atoms with Crippen LogP contribution in [0.2, 0.25) is 0 Å². The average Bonchev–Trinajstić information content (AvgIpc) is 2.99. The van der Waals surface area contributed by atoms with E-state index in [0.29, 0.717) is 12.0 Å². The predicted octanol–water partition coefficient (Wildman–Crippen LogP) is 2.26. The van der Waals surface area contributed by atoms with Gasteiger partial charge in [0, 0.05) is 28.6 Å². The Morgan fingerprint density at radius 1 is 1.08 bits per heavy atom. The number of rotatable bonds is 3. The Morgan fingerprint density at radius 2 is 1.77 bits per heavy atom. The summed E-state index contributed by atoms with van der Waals surface area (Å²) in [5.74, 6) is -0.886. The zero-order valence-corrected chi connectivity index (χ0v) is 14.5. The van der Waals surface area contributed by atoms with Crippen LogP contribution in [0, 0.1) is 0 Å². The van der Waals surface area contributed by atoms with E-state index in [1.807, 2.05) is 24.3 Å². The van der Waals surface area contributed by atoms with Crippen molar-refractivity contribution in [2.75, 3.05) is 0 Å². The largest absolute Gasteiger partial charge is 0.480 e. The fourth-order valence-corrected chi connectivity index (χ4v) is 3.52. The molecule has 0 aliphatic carbocycles. The maximum atomic E-state index is 11.6. The van der Waals surface area contributed by atoms with Crippen LogP contribution in [0.3, 0.4) is 0 Å². The first-order valence-electron chi connectivity index (χ1n) is 8.09. The molecule has 7 heteroatoms. The number of para-hydroxylation sites is 1. The zero-order chi connectivity index (χ0) is 17.6. The van der Waals surface area contributed by atoms with Crippen molar-refractivity contribution >= 4 is 29.3 Å². The number of carboxylic acids is 1. The fraction of sp³-hybridized carbons (Fsp3) is 0.211. The number of benzene rings is 2. The van der Waals surface area contributed by atoms with Crippen LogP contribution in [0.25, 0.3) is 10.9 Å². The molecule has 3 aromatic rings. The molecule has 0 bridgehead atoms. The summed E-state index contributed by atoms with van der Waals surface area (Å²) in [7, 11) is 0. The lowest BCUT2D eigenvalue weighted by Gasteiger charge is -2.29. The molecule has 1 aliphatic heterocycles. The molecule has 136 valence electrons. The number of fused-ring (bicyclic) bond motifs is 3. The first kappa shape index (κ1) is 18.4. The van der Waals surface area contributed by atoms with Gasteiger partial charge in [-0.1, -0.05) is 42.5 Å². The van der Waals surface area contributed by atoms with E-state index in [1.54, 1.807) is 24.3 Å². The van der Waals surface area contributed by atoms with Gasteiger partial charge in [-0.15, -0.1) is 12.4 Å². The number of aliphatic carboxylic acids is 1. The highest BCUT2D eigenvalue weighted by Gasteiger charge is 2.33. The number of hydrogen-bond acceptors (Lipinski definition) is 4. The SMILES string of the molecule is Cl.O=C(O)[C@@H]1Cc2c([nH]c3ccccc23)[C@H](c2ccc(C(O)O)cc2)N1.